The number of hydrogen-bond donors (Lipinski definition) is 1. The van der Waals surface area contributed by atoms with Gasteiger partial charge in [-0.25, -0.2) is 0 Å². The molecule has 3 nitrogen and oxygen atoms in total. The topological polar surface area (TPSA) is 38.5 Å². The van der Waals surface area contributed by atoms with Crippen molar-refractivity contribution in [2.24, 2.45) is 5.73 Å². The lowest BCUT2D eigenvalue weighted by molar-refractivity contribution is 0.0596. The number of hydrogen-bond acceptors (Lipinski definition) is 3. The first kappa shape index (κ1) is 12.0. The van der Waals surface area contributed by atoms with Crippen LogP contribution in [0.3, 0.4) is 0 Å². The predicted molar refractivity (Wildman–Crippen MR) is 59.3 cm³/mol. The third kappa shape index (κ3) is 3.23. The average Bonchev–Trinajstić information content (AvgIpc) is 2.40. The monoisotopic (exact) mass is 200 g/mol. The van der Waals surface area contributed by atoms with E-state index in [9.17, 15) is 0 Å². The molecule has 0 amide bonds. The standard InChI is InChI=1S/C11H24N2O/c1-4-11(12)10(3)13-6-5-7-14-9(2)8-13/h9-11H,4-8,12H2,1-3H3. The fourth-order valence-electron chi connectivity index (χ4n) is 2.01. The van der Waals surface area contributed by atoms with E-state index in [1.807, 2.05) is 0 Å². The van der Waals surface area contributed by atoms with E-state index in [2.05, 4.69) is 25.7 Å². The highest BCUT2D eigenvalue weighted by Crippen LogP contribution is 2.12. The summed E-state index contributed by atoms with van der Waals surface area (Å²) < 4.78 is 5.61. The minimum absolute atomic E-state index is 0.292. The van der Waals surface area contributed by atoms with Crippen LogP contribution < -0.4 is 5.73 Å². The Hall–Kier alpha value is -0.120. The van der Waals surface area contributed by atoms with Gasteiger partial charge in [0.15, 0.2) is 0 Å². The van der Waals surface area contributed by atoms with Crippen LogP contribution >= 0.6 is 0 Å². The molecule has 0 saturated carbocycles. The van der Waals surface area contributed by atoms with Crippen molar-refractivity contribution < 1.29 is 4.74 Å². The van der Waals surface area contributed by atoms with Crippen LogP contribution in [-0.2, 0) is 4.74 Å². The van der Waals surface area contributed by atoms with E-state index >= 15 is 0 Å². The molecule has 14 heavy (non-hydrogen) atoms. The highest BCUT2D eigenvalue weighted by molar-refractivity contribution is 4.79. The molecule has 0 spiro atoms. The van der Waals surface area contributed by atoms with Gasteiger partial charge in [-0.1, -0.05) is 6.92 Å². The SMILES string of the molecule is CCC(N)C(C)N1CCCOC(C)C1. The number of nitrogens with zero attached hydrogens (tertiary/aromatic N) is 1. The Bertz CT molecular complexity index is 163. The molecule has 1 rings (SSSR count). The zero-order chi connectivity index (χ0) is 10.6. The van der Waals surface area contributed by atoms with Crippen LogP contribution in [-0.4, -0.2) is 42.8 Å². The zero-order valence-corrected chi connectivity index (χ0v) is 9.70. The number of nitrogens with two attached hydrogens (primary N) is 1. The van der Waals surface area contributed by atoms with Crippen molar-refractivity contribution in [2.75, 3.05) is 19.7 Å². The lowest BCUT2D eigenvalue weighted by Gasteiger charge is -2.32. The lowest BCUT2D eigenvalue weighted by atomic mass is 10.1. The van der Waals surface area contributed by atoms with Crippen LogP contribution in [0.15, 0.2) is 0 Å². The predicted octanol–water partition coefficient (Wildman–Crippen LogP) is 1.22. The summed E-state index contributed by atoms with van der Waals surface area (Å²) in [6.07, 6.45) is 2.53. The molecule has 3 atom stereocenters. The van der Waals surface area contributed by atoms with Crippen molar-refractivity contribution in [3.05, 3.63) is 0 Å². The van der Waals surface area contributed by atoms with Crippen LogP contribution in [0.5, 0.6) is 0 Å². The second-order valence-electron chi connectivity index (χ2n) is 4.34. The van der Waals surface area contributed by atoms with E-state index in [0.717, 1.165) is 32.5 Å². The molecule has 0 aromatic rings. The van der Waals surface area contributed by atoms with Crippen molar-refractivity contribution in [3.8, 4) is 0 Å². The first-order valence-corrected chi connectivity index (χ1v) is 5.76. The van der Waals surface area contributed by atoms with Crippen molar-refractivity contribution in [1.82, 2.24) is 4.90 Å². The summed E-state index contributed by atoms with van der Waals surface area (Å²) >= 11 is 0. The molecule has 3 unspecified atom stereocenters. The summed E-state index contributed by atoms with van der Waals surface area (Å²) in [7, 11) is 0. The van der Waals surface area contributed by atoms with Crippen molar-refractivity contribution >= 4 is 0 Å². The van der Waals surface area contributed by atoms with Gasteiger partial charge in [-0.15, -0.1) is 0 Å². The Balaban J connectivity index is 2.47. The van der Waals surface area contributed by atoms with E-state index in [1.165, 1.54) is 0 Å². The maximum Gasteiger partial charge on any atom is 0.0674 e. The molecule has 0 aromatic heterocycles. The fraction of sp³-hybridized carbons (Fsp3) is 1.00. The molecule has 1 fully saturated rings. The first-order chi connectivity index (χ1) is 6.65. The van der Waals surface area contributed by atoms with E-state index in [1.54, 1.807) is 0 Å². The highest BCUT2D eigenvalue weighted by atomic mass is 16.5. The van der Waals surface area contributed by atoms with Gasteiger partial charge in [-0.3, -0.25) is 4.90 Å². The molecule has 1 saturated heterocycles. The number of rotatable bonds is 3. The quantitative estimate of drug-likeness (QED) is 0.744. The Morgan fingerprint density at radius 1 is 1.57 bits per heavy atom. The van der Waals surface area contributed by atoms with E-state index in [0.29, 0.717) is 18.2 Å². The summed E-state index contributed by atoms with van der Waals surface area (Å²) in [5.74, 6) is 0. The molecule has 2 N–H and O–H groups in total. The van der Waals surface area contributed by atoms with Gasteiger partial charge >= 0.3 is 0 Å². The summed E-state index contributed by atoms with van der Waals surface area (Å²) in [5.41, 5.74) is 6.06. The minimum Gasteiger partial charge on any atom is -0.377 e. The van der Waals surface area contributed by atoms with Gasteiger partial charge in [0.05, 0.1) is 6.10 Å². The van der Waals surface area contributed by atoms with Gasteiger partial charge < -0.3 is 10.5 Å². The lowest BCUT2D eigenvalue weighted by Crippen LogP contribution is -2.47. The Morgan fingerprint density at radius 2 is 2.29 bits per heavy atom. The third-order valence-corrected chi connectivity index (χ3v) is 3.15. The van der Waals surface area contributed by atoms with Gasteiger partial charge in [-0.2, -0.15) is 0 Å². The molecule has 0 radical (unpaired) electrons. The van der Waals surface area contributed by atoms with Gasteiger partial charge in [0.1, 0.15) is 0 Å². The van der Waals surface area contributed by atoms with Gasteiger partial charge in [0, 0.05) is 31.8 Å². The largest absolute Gasteiger partial charge is 0.377 e. The second-order valence-corrected chi connectivity index (χ2v) is 4.34. The van der Waals surface area contributed by atoms with Gasteiger partial charge in [0.2, 0.25) is 0 Å². The maximum atomic E-state index is 6.06. The molecular weight excluding hydrogens is 176 g/mol. The van der Waals surface area contributed by atoms with Gasteiger partial charge in [0.25, 0.3) is 0 Å². The summed E-state index contributed by atoms with van der Waals surface area (Å²) in [6.45, 7) is 9.56. The molecule has 0 bridgehead atoms. The molecule has 0 aliphatic carbocycles. The molecule has 0 aromatic carbocycles. The third-order valence-electron chi connectivity index (χ3n) is 3.15. The van der Waals surface area contributed by atoms with E-state index < -0.39 is 0 Å². The Morgan fingerprint density at radius 3 is 2.93 bits per heavy atom. The van der Waals surface area contributed by atoms with Gasteiger partial charge in [-0.05, 0) is 26.7 Å². The van der Waals surface area contributed by atoms with Crippen LogP contribution in [0, 0.1) is 0 Å². The number of ether oxygens (including phenoxy) is 1. The first-order valence-electron chi connectivity index (χ1n) is 5.76. The molecule has 1 heterocycles. The summed E-state index contributed by atoms with van der Waals surface area (Å²) in [5, 5.41) is 0. The maximum absolute atomic E-state index is 6.06. The molecule has 1 aliphatic heterocycles. The Kier molecular flexibility index (Phi) is 4.85. The van der Waals surface area contributed by atoms with Crippen LogP contribution in [0.25, 0.3) is 0 Å². The summed E-state index contributed by atoms with van der Waals surface area (Å²) in [6, 6.07) is 0.768. The molecule has 3 heteroatoms. The molecule has 1 aliphatic rings. The smallest absolute Gasteiger partial charge is 0.0674 e. The van der Waals surface area contributed by atoms with E-state index in [4.69, 9.17) is 10.5 Å². The summed E-state index contributed by atoms with van der Waals surface area (Å²) in [4.78, 5) is 2.46. The van der Waals surface area contributed by atoms with Crippen molar-refractivity contribution in [3.63, 3.8) is 0 Å². The minimum atomic E-state index is 0.292. The molecular formula is C11H24N2O. The Labute approximate surface area is 87.6 Å². The zero-order valence-electron chi connectivity index (χ0n) is 9.70. The van der Waals surface area contributed by atoms with Crippen LogP contribution in [0.1, 0.15) is 33.6 Å². The van der Waals surface area contributed by atoms with Crippen LogP contribution in [0.4, 0.5) is 0 Å². The highest BCUT2D eigenvalue weighted by Gasteiger charge is 2.22. The van der Waals surface area contributed by atoms with Crippen molar-refractivity contribution in [2.45, 2.75) is 51.8 Å². The average molecular weight is 200 g/mol. The second kappa shape index (κ2) is 5.69. The fourth-order valence-corrected chi connectivity index (χ4v) is 2.01. The van der Waals surface area contributed by atoms with E-state index in [-0.39, 0.29) is 0 Å². The van der Waals surface area contributed by atoms with Crippen molar-refractivity contribution in [1.29, 1.82) is 0 Å². The normalized spacial score (nSPS) is 29.6. The van der Waals surface area contributed by atoms with Crippen LogP contribution in [0.2, 0.25) is 0 Å². The molecule has 84 valence electrons.